The Kier molecular flexibility index (Phi) is 8.93. The van der Waals surface area contributed by atoms with Crippen molar-refractivity contribution in [2.24, 2.45) is 5.73 Å². The van der Waals surface area contributed by atoms with Gasteiger partial charge in [-0.25, -0.2) is 0 Å². The van der Waals surface area contributed by atoms with Gasteiger partial charge in [-0.15, -0.1) is 0 Å². The average molecular weight is 332 g/mol. The molecule has 0 saturated carbocycles. The first-order chi connectivity index (χ1) is 11.7. The molecule has 0 fully saturated rings. The monoisotopic (exact) mass is 332 g/mol. The van der Waals surface area contributed by atoms with E-state index in [0.717, 1.165) is 12.2 Å². The lowest BCUT2D eigenvalue weighted by molar-refractivity contribution is -0.384. The molecule has 0 amide bonds. The summed E-state index contributed by atoms with van der Waals surface area (Å²) in [5.74, 6) is 1.35. The van der Waals surface area contributed by atoms with E-state index >= 15 is 0 Å². The Labute approximate surface area is 142 Å². The molecule has 2 rings (SSSR count). The van der Waals surface area contributed by atoms with Crippen LogP contribution < -0.4 is 15.2 Å². The number of benzene rings is 2. The van der Waals surface area contributed by atoms with Crippen LogP contribution in [0.15, 0.2) is 48.5 Å². The van der Waals surface area contributed by atoms with Gasteiger partial charge in [0.25, 0.3) is 5.69 Å². The predicted octanol–water partition coefficient (Wildman–Crippen LogP) is 3.58. The highest BCUT2D eigenvalue weighted by molar-refractivity contribution is 5.36. The minimum absolute atomic E-state index is 0.0427. The number of hydrogen-bond donors (Lipinski definition) is 1. The summed E-state index contributed by atoms with van der Waals surface area (Å²) in [6, 6.07) is 13.7. The molecular formula is C18H24N2O4. The van der Waals surface area contributed by atoms with Gasteiger partial charge in [0, 0.05) is 12.1 Å². The van der Waals surface area contributed by atoms with E-state index in [2.05, 4.69) is 0 Å². The van der Waals surface area contributed by atoms with Gasteiger partial charge in [-0.3, -0.25) is 10.1 Å². The van der Waals surface area contributed by atoms with Crippen molar-refractivity contribution in [2.75, 3.05) is 19.8 Å². The number of nitrogens with zero attached hydrogens (tertiary/aromatic N) is 1. The molecule has 0 aliphatic carbocycles. The van der Waals surface area contributed by atoms with Crippen molar-refractivity contribution in [1.29, 1.82) is 0 Å². The second-order valence-corrected chi connectivity index (χ2v) is 4.63. The van der Waals surface area contributed by atoms with Crippen molar-refractivity contribution in [3.63, 3.8) is 0 Å². The molecule has 2 aromatic carbocycles. The van der Waals surface area contributed by atoms with Gasteiger partial charge in [-0.1, -0.05) is 26.0 Å². The Morgan fingerprint density at radius 3 is 1.79 bits per heavy atom. The first-order valence-electron chi connectivity index (χ1n) is 7.98. The third-order valence-corrected chi connectivity index (χ3v) is 3.02. The van der Waals surface area contributed by atoms with Gasteiger partial charge >= 0.3 is 0 Å². The zero-order valence-electron chi connectivity index (χ0n) is 14.1. The summed E-state index contributed by atoms with van der Waals surface area (Å²) in [7, 11) is 0. The summed E-state index contributed by atoms with van der Waals surface area (Å²) >= 11 is 0. The van der Waals surface area contributed by atoms with Crippen LogP contribution in [-0.2, 0) is 6.42 Å². The van der Waals surface area contributed by atoms with Crippen LogP contribution in [0.25, 0.3) is 0 Å². The largest absolute Gasteiger partial charge is 0.490 e. The fourth-order valence-electron chi connectivity index (χ4n) is 1.90. The number of non-ortho nitro benzene ring substituents is 1. The van der Waals surface area contributed by atoms with Crippen LogP contribution in [0, 0.1) is 10.1 Å². The van der Waals surface area contributed by atoms with E-state index < -0.39 is 4.92 Å². The molecule has 6 nitrogen and oxygen atoms in total. The molecule has 2 aromatic rings. The number of rotatable bonds is 8. The van der Waals surface area contributed by atoms with Gasteiger partial charge in [-0.2, -0.15) is 0 Å². The molecule has 0 unspecified atom stereocenters. The third kappa shape index (κ3) is 6.66. The molecule has 0 bridgehead atoms. The zero-order chi connectivity index (χ0) is 17.8. The Bertz CT molecular complexity index is 597. The topological polar surface area (TPSA) is 87.6 Å². The molecule has 0 atom stereocenters. The molecule has 0 aromatic heterocycles. The maximum atomic E-state index is 10.5. The van der Waals surface area contributed by atoms with E-state index in [-0.39, 0.29) is 5.69 Å². The molecule has 0 spiro atoms. The second-order valence-electron chi connectivity index (χ2n) is 4.63. The average Bonchev–Trinajstić information content (AvgIpc) is 2.62. The lowest BCUT2D eigenvalue weighted by atomic mass is 10.1. The summed E-state index contributed by atoms with van der Waals surface area (Å²) in [5.41, 5.74) is 6.71. The molecule has 0 radical (unpaired) electrons. The van der Waals surface area contributed by atoms with Crippen LogP contribution >= 0.6 is 0 Å². The number of nitrogens with two attached hydrogens (primary N) is 1. The minimum atomic E-state index is -0.443. The molecule has 0 aliphatic rings. The van der Waals surface area contributed by atoms with E-state index in [0.29, 0.717) is 25.5 Å². The van der Waals surface area contributed by atoms with E-state index in [9.17, 15) is 10.1 Å². The number of ether oxygens (including phenoxy) is 2. The summed E-state index contributed by atoms with van der Waals surface area (Å²) in [5, 5.41) is 10.5. The van der Waals surface area contributed by atoms with Crippen LogP contribution in [0.2, 0.25) is 0 Å². The smallest absolute Gasteiger partial charge is 0.269 e. The maximum Gasteiger partial charge on any atom is 0.269 e. The van der Waals surface area contributed by atoms with Gasteiger partial charge in [0.15, 0.2) is 0 Å². The maximum absolute atomic E-state index is 10.5. The molecule has 0 saturated heterocycles. The standard InChI is InChI=1S/C16H18N2O4.C2H6/c17-10-9-13-1-5-15(6-2-13)21-11-12-22-16-7-3-14(4-8-16)18(19)20;1-2/h1-8H,9-12,17H2;1-2H3. The van der Waals surface area contributed by atoms with Gasteiger partial charge in [0.2, 0.25) is 0 Å². The first-order valence-corrected chi connectivity index (χ1v) is 7.98. The minimum Gasteiger partial charge on any atom is -0.490 e. The van der Waals surface area contributed by atoms with Crippen molar-refractivity contribution in [3.8, 4) is 11.5 Å². The van der Waals surface area contributed by atoms with Gasteiger partial charge < -0.3 is 15.2 Å². The van der Waals surface area contributed by atoms with E-state index in [1.807, 2.05) is 38.1 Å². The van der Waals surface area contributed by atoms with Crippen LogP contribution in [0.4, 0.5) is 5.69 Å². The Morgan fingerprint density at radius 1 is 0.917 bits per heavy atom. The SMILES string of the molecule is CC.NCCc1ccc(OCCOc2ccc([N+](=O)[O-])cc2)cc1. The number of nitro groups is 1. The quantitative estimate of drug-likeness (QED) is 0.453. The Balaban J connectivity index is 0.00000139. The summed E-state index contributed by atoms with van der Waals surface area (Å²) < 4.78 is 11.0. The lowest BCUT2D eigenvalue weighted by Gasteiger charge is -2.08. The first kappa shape index (κ1) is 19.4. The Morgan fingerprint density at radius 2 is 1.38 bits per heavy atom. The molecule has 0 aliphatic heterocycles. The van der Waals surface area contributed by atoms with Crippen LogP contribution in [0.3, 0.4) is 0 Å². The highest BCUT2D eigenvalue weighted by Crippen LogP contribution is 2.17. The third-order valence-electron chi connectivity index (χ3n) is 3.02. The van der Waals surface area contributed by atoms with Crippen LogP contribution in [-0.4, -0.2) is 24.7 Å². The van der Waals surface area contributed by atoms with Gasteiger partial charge in [-0.05, 0) is 42.8 Å². The molecule has 130 valence electrons. The number of nitro benzene ring substituents is 1. The van der Waals surface area contributed by atoms with Crippen LogP contribution in [0.1, 0.15) is 19.4 Å². The van der Waals surface area contributed by atoms with Crippen molar-refractivity contribution in [1.82, 2.24) is 0 Å². The summed E-state index contributed by atoms with van der Waals surface area (Å²) in [4.78, 5) is 10.1. The van der Waals surface area contributed by atoms with Gasteiger partial charge in [0.1, 0.15) is 24.7 Å². The molecule has 2 N–H and O–H groups in total. The highest BCUT2D eigenvalue weighted by Gasteiger charge is 2.04. The molecular weight excluding hydrogens is 308 g/mol. The van der Waals surface area contributed by atoms with Crippen molar-refractivity contribution in [2.45, 2.75) is 20.3 Å². The fraction of sp³-hybridized carbons (Fsp3) is 0.333. The fourth-order valence-corrected chi connectivity index (χ4v) is 1.90. The van der Waals surface area contributed by atoms with Crippen LogP contribution in [0.5, 0.6) is 11.5 Å². The molecule has 0 heterocycles. The molecule has 24 heavy (non-hydrogen) atoms. The highest BCUT2D eigenvalue weighted by atomic mass is 16.6. The molecule has 6 heteroatoms. The van der Waals surface area contributed by atoms with E-state index in [4.69, 9.17) is 15.2 Å². The predicted molar refractivity (Wildman–Crippen MR) is 94.6 cm³/mol. The van der Waals surface area contributed by atoms with Crippen molar-refractivity contribution in [3.05, 3.63) is 64.2 Å². The summed E-state index contributed by atoms with van der Waals surface area (Å²) in [6.45, 7) is 5.39. The Hall–Kier alpha value is -2.60. The van der Waals surface area contributed by atoms with Gasteiger partial charge in [0.05, 0.1) is 4.92 Å². The van der Waals surface area contributed by atoms with Crippen molar-refractivity contribution < 1.29 is 14.4 Å². The second kappa shape index (κ2) is 11.0. The van der Waals surface area contributed by atoms with E-state index in [1.165, 1.54) is 17.7 Å². The lowest BCUT2D eigenvalue weighted by Crippen LogP contribution is -2.09. The normalized spacial score (nSPS) is 9.62. The summed E-state index contributed by atoms with van der Waals surface area (Å²) in [6.07, 6.45) is 0.851. The number of hydrogen-bond acceptors (Lipinski definition) is 5. The zero-order valence-corrected chi connectivity index (χ0v) is 14.1. The van der Waals surface area contributed by atoms with E-state index in [1.54, 1.807) is 12.1 Å². The van der Waals surface area contributed by atoms with Crippen molar-refractivity contribution >= 4 is 5.69 Å².